The number of hydrogen-bond acceptors (Lipinski definition) is 4. The van der Waals surface area contributed by atoms with Crippen molar-refractivity contribution in [3.8, 4) is 0 Å². The highest BCUT2D eigenvalue weighted by Gasteiger charge is 2.40. The number of likely N-dealkylation sites (tertiary alicyclic amines) is 1. The topological polar surface area (TPSA) is 67.9 Å². The molecule has 0 unspecified atom stereocenters. The summed E-state index contributed by atoms with van der Waals surface area (Å²) in [5.74, 6) is -1.04. The molecule has 2 aromatic carbocycles. The highest BCUT2D eigenvalue weighted by atomic mass is 19.4. The van der Waals surface area contributed by atoms with Crippen LogP contribution in [0.15, 0.2) is 48.5 Å². The van der Waals surface area contributed by atoms with Crippen molar-refractivity contribution in [1.82, 2.24) is 10.4 Å². The second-order valence-electron chi connectivity index (χ2n) is 11.0. The zero-order valence-electron chi connectivity index (χ0n) is 23.3. The van der Waals surface area contributed by atoms with Gasteiger partial charge in [-0.1, -0.05) is 30.3 Å². The molecule has 3 atom stereocenters. The van der Waals surface area contributed by atoms with Gasteiger partial charge in [0.1, 0.15) is 0 Å². The SMILES string of the molecule is CONC(=O)[C@H]1CC[C@H](C(=O)N2CC[C@H](O[C@H](C)c3cc(C(F)(F)F)cc(C(F)(F)F)c3)[C@H](c3ccccc3)C2)CC1. The minimum Gasteiger partial charge on any atom is -0.370 e. The lowest BCUT2D eigenvalue weighted by atomic mass is 9.80. The third-order valence-electron chi connectivity index (χ3n) is 8.20. The van der Waals surface area contributed by atoms with E-state index in [-0.39, 0.29) is 41.2 Å². The second kappa shape index (κ2) is 13.0. The molecule has 6 nitrogen and oxygen atoms in total. The highest BCUT2D eigenvalue weighted by molar-refractivity contribution is 5.81. The van der Waals surface area contributed by atoms with Crippen molar-refractivity contribution in [1.29, 1.82) is 0 Å². The maximum atomic E-state index is 13.5. The van der Waals surface area contributed by atoms with Crippen molar-refractivity contribution in [2.75, 3.05) is 20.2 Å². The van der Waals surface area contributed by atoms with Gasteiger partial charge in [0.15, 0.2) is 0 Å². The van der Waals surface area contributed by atoms with Crippen molar-refractivity contribution < 1.29 is 45.5 Å². The van der Waals surface area contributed by atoms with Crippen LogP contribution in [-0.2, 0) is 31.5 Å². The summed E-state index contributed by atoms with van der Waals surface area (Å²) in [4.78, 5) is 32.0. The Morgan fingerprint density at radius 1 is 0.881 bits per heavy atom. The number of piperidine rings is 1. The summed E-state index contributed by atoms with van der Waals surface area (Å²) < 4.78 is 86.8. The van der Waals surface area contributed by atoms with Crippen molar-refractivity contribution in [3.63, 3.8) is 0 Å². The van der Waals surface area contributed by atoms with Crippen LogP contribution in [0.1, 0.15) is 73.3 Å². The lowest BCUT2D eigenvalue weighted by Crippen LogP contribution is -2.48. The summed E-state index contributed by atoms with van der Waals surface area (Å²) in [5, 5.41) is 0. The molecule has 1 saturated heterocycles. The van der Waals surface area contributed by atoms with E-state index in [1.54, 1.807) is 4.90 Å². The number of ether oxygens (including phenoxy) is 1. The van der Waals surface area contributed by atoms with E-state index < -0.39 is 35.7 Å². The Morgan fingerprint density at radius 2 is 1.45 bits per heavy atom. The van der Waals surface area contributed by atoms with Gasteiger partial charge in [0, 0.05) is 30.8 Å². The van der Waals surface area contributed by atoms with Crippen LogP contribution in [0.4, 0.5) is 26.3 Å². The highest BCUT2D eigenvalue weighted by Crippen LogP contribution is 2.40. The fourth-order valence-corrected chi connectivity index (χ4v) is 5.91. The molecule has 2 aliphatic rings. The first-order valence-electron chi connectivity index (χ1n) is 13.9. The predicted molar refractivity (Wildman–Crippen MR) is 141 cm³/mol. The van der Waals surface area contributed by atoms with E-state index in [0.717, 1.165) is 5.56 Å². The van der Waals surface area contributed by atoms with Gasteiger partial charge in [0.05, 0.1) is 30.4 Å². The molecule has 42 heavy (non-hydrogen) atoms. The van der Waals surface area contributed by atoms with Gasteiger partial charge in [-0.2, -0.15) is 26.3 Å². The fourth-order valence-electron chi connectivity index (χ4n) is 5.91. The fraction of sp³-hybridized carbons (Fsp3) is 0.533. The summed E-state index contributed by atoms with van der Waals surface area (Å²) in [6.45, 7) is 2.06. The zero-order valence-corrected chi connectivity index (χ0v) is 23.3. The first-order valence-corrected chi connectivity index (χ1v) is 13.9. The van der Waals surface area contributed by atoms with Gasteiger partial charge >= 0.3 is 12.4 Å². The van der Waals surface area contributed by atoms with E-state index in [2.05, 4.69) is 5.48 Å². The van der Waals surface area contributed by atoms with Crippen LogP contribution in [0, 0.1) is 11.8 Å². The van der Waals surface area contributed by atoms with Crippen molar-refractivity contribution in [3.05, 3.63) is 70.8 Å². The third-order valence-corrected chi connectivity index (χ3v) is 8.20. The van der Waals surface area contributed by atoms with Gasteiger partial charge in [-0.3, -0.25) is 14.4 Å². The average molecular weight is 601 g/mol. The van der Waals surface area contributed by atoms with Crippen LogP contribution in [-0.4, -0.2) is 43.0 Å². The standard InChI is InChI=1S/C30H34F6N2O4/c1-18(22-14-23(29(31,32)33)16-24(15-22)30(34,35)36)42-26-12-13-38(17-25(26)19-6-4-3-5-7-19)28(40)21-10-8-20(9-11-21)27(39)37-41-2/h3-7,14-16,18,20-21,25-26H,8-13,17H2,1-2H3,(H,37,39)/t18-,20-,21-,25+,26+/m1/s1. The van der Waals surface area contributed by atoms with Crippen LogP contribution in [0.25, 0.3) is 0 Å². The van der Waals surface area contributed by atoms with Crippen LogP contribution in [0.2, 0.25) is 0 Å². The molecule has 12 heteroatoms. The van der Waals surface area contributed by atoms with Gasteiger partial charge in [-0.25, -0.2) is 5.48 Å². The summed E-state index contributed by atoms with van der Waals surface area (Å²) in [7, 11) is 1.36. The number of nitrogens with zero attached hydrogens (tertiary/aromatic N) is 1. The van der Waals surface area contributed by atoms with Crippen molar-refractivity contribution >= 4 is 11.8 Å². The van der Waals surface area contributed by atoms with Crippen molar-refractivity contribution in [2.24, 2.45) is 11.8 Å². The van der Waals surface area contributed by atoms with E-state index in [1.165, 1.54) is 14.0 Å². The van der Waals surface area contributed by atoms with E-state index >= 15 is 0 Å². The molecule has 2 amide bonds. The molecule has 1 aliphatic heterocycles. The molecule has 0 spiro atoms. The number of benzene rings is 2. The molecule has 2 fully saturated rings. The van der Waals surface area contributed by atoms with Crippen LogP contribution in [0.3, 0.4) is 0 Å². The Hall–Kier alpha value is -3.12. The molecule has 4 rings (SSSR count). The summed E-state index contributed by atoms with van der Waals surface area (Å²) >= 11 is 0. The molecule has 1 saturated carbocycles. The number of halogens is 6. The predicted octanol–water partition coefficient (Wildman–Crippen LogP) is 6.67. The van der Waals surface area contributed by atoms with Gasteiger partial charge in [-0.15, -0.1) is 0 Å². The molecule has 0 radical (unpaired) electrons. The maximum Gasteiger partial charge on any atom is 0.416 e. The lowest BCUT2D eigenvalue weighted by molar-refractivity contribution is -0.144. The molecular formula is C30H34F6N2O4. The first-order chi connectivity index (χ1) is 19.8. The molecule has 1 N–H and O–H groups in total. The Kier molecular flexibility index (Phi) is 9.87. The third kappa shape index (κ3) is 7.63. The molecule has 230 valence electrons. The summed E-state index contributed by atoms with van der Waals surface area (Å²) in [6.07, 6.45) is -8.95. The van der Waals surface area contributed by atoms with Gasteiger partial charge in [-0.05, 0) is 68.4 Å². The number of carbonyl (C=O) groups excluding carboxylic acids is 2. The molecule has 1 heterocycles. The van der Waals surface area contributed by atoms with E-state index in [1.807, 2.05) is 30.3 Å². The number of amides is 2. The number of hydroxylamine groups is 1. The normalized spacial score (nSPS) is 24.2. The Balaban J connectivity index is 1.50. The maximum absolute atomic E-state index is 13.5. The molecule has 0 bridgehead atoms. The number of hydrogen-bond donors (Lipinski definition) is 1. The quantitative estimate of drug-likeness (QED) is 0.285. The van der Waals surface area contributed by atoms with Crippen LogP contribution < -0.4 is 5.48 Å². The summed E-state index contributed by atoms with van der Waals surface area (Å²) in [6, 6.07) is 10.7. The van der Waals surface area contributed by atoms with Crippen LogP contribution in [0.5, 0.6) is 0 Å². The first kappa shape index (κ1) is 31.8. The van der Waals surface area contributed by atoms with Gasteiger partial charge < -0.3 is 9.64 Å². The minimum absolute atomic E-state index is 0.0271. The number of rotatable bonds is 7. The van der Waals surface area contributed by atoms with Gasteiger partial charge in [0.25, 0.3) is 0 Å². The second-order valence-corrected chi connectivity index (χ2v) is 11.0. The largest absolute Gasteiger partial charge is 0.416 e. The van der Waals surface area contributed by atoms with E-state index in [4.69, 9.17) is 9.57 Å². The smallest absolute Gasteiger partial charge is 0.370 e. The monoisotopic (exact) mass is 600 g/mol. The number of nitrogens with one attached hydrogen (secondary N) is 1. The molecule has 1 aliphatic carbocycles. The number of carbonyl (C=O) groups is 2. The Bertz CT molecular complexity index is 1200. The molecule has 0 aromatic heterocycles. The molecular weight excluding hydrogens is 566 g/mol. The average Bonchev–Trinajstić information content (AvgIpc) is 2.96. The lowest BCUT2D eigenvalue weighted by Gasteiger charge is -2.41. The van der Waals surface area contributed by atoms with Crippen molar-refractivity contribution in [2.45, 2.75) is 69.5 Å². The zero-order chi connectivity index (χ0) is 30.7. The Morgan fingerprint density at radius 3 is 2.00 bits per heavy atom. The number of alkyl halides is 6. The molecule has 2 aromatic rings. The van der Waals surface area contributed by atoms with E-state index in [9.17, 15) is 35.9 Å². The minimum atomic E-state index is -4.96. The Labute approximate surface area is 240 Å². The van der Waals surface area contributed by atoms with E-state index in [0.29, 0.717) is 57.3 Å². The van der Waals surface area contributed by atoms with Gasteiger partial charge in [0.2, 0.25) is 11.8 Å². The summed E-state index contributed by atoms with van der Waals surface area (Å²) in [5.41, 5.74) is 0.186. The van der Waals surface area contributed by atoms with Crippen LogP contribution >= 0.6 is 0 Å².